The fourth-order valence-corrected chi connectivity index (χ4v) is 6.17. The zero-order valence-electron chi connectivity index (χ0n) is 24.6. The fraction of sp³-hybridized carbons (Fsp3) is 0.469. The number of anilines is 3. The lowest BCUT2D eigenvalue weighted by Crippen LogP contribution is -2.52. The van der Waals surface area contributed by atoms with Crippen LogP contribution in [-0.2, 0) is 0 Å². The van der Waals surface area contributed by atoms with Crippen LogP contribution in [0, 0.1) is 11.3 Å². The number of piperazine rings is 1. The van der Waals surface area contributed by atoms with Gasteiger partial charge in [0, 0.05) is 75.4 Å². The van der Waals surface area contributed by atoms with Gasteiger partial charge in [-0.1, -0.05) is 0 Å². The lowest BCUT2D eigenvalue weighted by atomic mass is 10.0. The first-order valence-electron chi connectivity index (χ1n) is 15.0. The standard InChI is InChI=1S/C32H40N8O2/c1-38-15-17-39(18-16-38)26-9-13-40(14-10-26)29-5-4-25(20-31(29)41-2)36-32-35-12-8-28(37-32)23-3-6-30(24(19-23)21-33)42-27-7-11-34-22-27/h3-6,8,12,19-20,26-27,34H,7,9-11,13-18,22H2,1-2H3,(H,35,36,37). The number of rotatable bonds is 8. The minimum Gasteiger partial charge on any atom is -0.495 e. The van der Waals surface area contributed by atoms with E-state index in [1.54, 1.807) is 13.3 Å². The van der Waals surface area contributed by atoms with Gasteiger partial charge in [0.25, 0.3) is 0 Å². The largest absolute Gasteiger partial charge is 0.495 e. The SMILES string of the molecule is COc1cc(Nc2nccc(-c3ccc(OC4CCNC4)c(C#N)c3)n2)ccc1N1CCC(N2CCN(C)CC2)CC1. The predicted molar refractivity (Wildman–Crippen MR) is 165 cm³/mol. The van der Waals surface area contributed by atoms with Gasteiger partial charge in [-0.15, -0.1) is 0 Å². The van der Waals surface area contributed by atoms with Crippen LogP contribution in [0.1, 0.15) is 24.8 Å². The molecule has 10 heteroatoms. The van der Waals surface area contributed by atoms with E-state index in [4.69, 9.17) is 14.5 Å². The van der Waals surface area contributed by atoms with E-state index in [-0.39, 0.29) is 6.10 Å². The second kappa shape index (κ2) is 12.9. The van der Waals surface area contributed by atoms with Crippen LogP contribution in [0.2, 0.25) is 0 Å². The van der Waals surface area contributed by atoms with Crippen LogP contribution < -0.4 is 25.0 Å². The molecule has 3 saturated heterocycles. The van der Waals surface area contributed by atoms with Crippen molar-refractivity contribution in [2.75, 3.05) is 76.7 Å². The van der Waals surface area contributed by atoms with Gasteiger partial charge < -0.3 is 29.9 Å². The molecule has 0 radical (unpaired) electrons. The molecule has 3 aromatic rings. The van der Waals surface area contributed by atoms with E-state index in [0.29, 0.717) is 23.3 Å². The maximum absolute atomic E-state index is 9.75. The monoisotopic (exact) mass is 568 g/mol. The summed E-state index contributed by atoms with van der Waals surface area (Å²) in [6.45, 7) is 8.46. The molecule has 4 heterocycles. The third-order valence-electron chi connectivity index (χ3n) is 8.66. The van der Waals surface area contributed by atoms with Gasteiger partial charge in [0.05, 0.1) is 24.1 Å². The van der Waals surface area contributed by atoms with Crippen molar-refractivity contribution < 1.29 is 9.47 Å². The summed E-state index contributed by atoms with van der Waals surface area (Å²) in [6, 6.07) is 16.6. The first kappa shape index (κ1) is 28.2. The number of benzene rings is 2. The number of ether oxygens (including phenoxy) is 2. The van der Waals surface area contributed by atoms with Gasteiger partial charge in [0.2, 0.25) is 5.95 Å². The summed E-state index contributed by atoms with van der Waals surface area (Å²) in [5, 5.41) is 16.4. The van der Waals surface area contributed by atoms with E-state index in [0.717, 1.165) is 74.1 Å². The maximum Gasteiger partial charge on any atom is 0.227 e. The van der Waals surface area contributed by atoms with Gasteiger partial charge in [0.15, 0.2) is 0 Å². The molecule has 3 fully saturated rings. The lowest BCUT2D eigenvalue weighted by molar-refractivity contribution is 0.0981. The number of aromatic nitrogens is 2. The number of nitrogens with one attached hydrogen (secondary N) is 2. The highest BCUT2D eigenvalue weighted by Gasteiger charge is 2.28. The van der Waals surface area contributed by atoms with E-state index in [1.807, 2.05) is 30.3 Å². The summed E-state index contributed by atoms with van der Waals surface area (Å²) in [4.78, 5) is 16.7. The molecule has 3 aliphatic rings. The van der Waals surface area contributed by atoms with Crippen molar-refractivity contribution in [2.24, 2.45) is 0 Å². The van der Waals surface area contributed by atoms with Crippen molar-refractivity contribution in [2.45, 2.75) is 31.4 Å². The van der Waals surface area contributed by atoms with Gasteiger partial charge in [-0.3, -0.25) is 4.90 Å². The van der Waals surface area contributed by atoms with Crippen molar-refractivity contribution in [3.8, 4) is 28.8 Å². The molecular weight excluding hydrogens is 528 g/mol. The minimum absolute atomic E-state index is 0.0927. The highest BCUT2D eigenvalue weighted by atomic mass is 16.5. The molecular formula is C32H40N8O2. The lowest BCUT2D eigenvalue weighted by Gasteiger charge is -2.42. The molecule has 2 aromatic carbocycles. The molecule has 3 aliphatic heterocycles. The van der Waals surface area contributed by atoms with Crippen molar-refractivity contribution >= 4 is 17.3 Å². The van der Waals surface area contributed by atoms with Gasteiger partial charge in [-0.2, -0.15) is 5.26 Å². The molecule has 10 nitrogen and oxygen atoms in total. The quantitative estimate of drug-likeness (QED) is 0.418. The second-order valence-electron chi connectivity index (χ2n) is 11.4. The van der Waals surface area contributed by atoms with Crippen LogP contribution in [0.5, 0.6) is 11.5 Å². The van der Waals surface area contributed by atoms with Crippen LogP contribution in [0.4, 0.5) is 17.3 Å². The molecule has 6 rings (SSSR count). The normalized spacial score (nSPS) is 20.3. The van der Waals surface area contributed by atoms with E-state index in [9.17, 15) is 5.26 Å². The van der Waals surface area contributed by atoms with E-state index < -0.39 is 0 Å². The van der Waals surface area contributed by atoms with Gasteiger partial charge in [-0.25, -0.2) is 9.97 Å². The molecule has 42 heavy (non-hydrogen) atoms. The minimum atomic E-state index is 0.0927. The van der Waals surface area contributed by atoms with Crippen LogP contribution in [0.25, 0.3) is 11.3 Å². The molecule has 2 N–H and O–H groups in total. The Bertz CT molecular complexity index is 1400. The Hall–Kier alpha value is -3.91. The predicted octanol–water partition coefficient (Wildman–Crippen LogP) is 3.72. The van der Waals surface area contributed by atoms with Crippen LogP contribution in [-0.4, -0.2) is 98.4 Å². The first-order valence-corrected chi connectivity index (χ1v) is 15.0. The Balaban J connectivity index is 1.11. The third kappa shape index (κ3) is 6.44. The molecule has 1 aromatic heterocycles. The molecule has 1 unspecified atom stereocenters. The number of hydrogen-bond donors (Lipinski definition) is 2. The molecule has 1 atom stereocenters. The molecule has 0 amide bonds. The fourth-order valence-electron chi connectivity index (χ4n) is 6.17. The number of hydrogen-bond acceptors (Lipinski definition) is 10. The summed E-state index contributed by atoms with van der Waals surface area (Å²) in [6.07, 6.45) is 5.10. The van der Waals surface area contributed by atoms with E-state index in [1.165, 1.54) is 25.9 Å². The summed E-state index contributed by atoms with van der Waals surface area (Å²) in [5.74, 6) is 1.92. The van der Waals surface area contributed by atoms with Crippen molar-refractivity contribution in [3.05, 3.63) is 54.2 Å². The molecule has 0 bridgehead atoms. The van der Waals surface area contributed by atoms with Crippen LogP contribution in [0.15, 0.2) is 48.7 Å². The number of nitrogens with zero attached hydrogens (tertiary/aromatic N) is 6. The van der Waals surface area contributed by atoms with Crippen LogP contribution >= 0.6 is 0 Å². The molecule has 0 aliphatic carbocycles. The molecule has 0 spiro atoms. The third-order valence-corrected chi connectivity index (χ3v) is 8.66. The smallest absolute Gasteiger partial charge is 0.227 e. The summed E-state index contributed by atoms with van der Waals surface area (Å²) >= 11 is 0. The zero-order chi connectivity index (χ0) is 28.9. The van der Waals surface area contributed by atoms with Crippen molar-refractivity contribution in [1.29, 1.82) is 5.26 Å². The zero-order valence-corrected chi connectivity index (χ0v) is 24.6. The van der Waals surface area contributed by atoms with E-state index in [2.05, 4.69) is 55.6 Å². The Kier molecular flexibility index (Phi) is 8.70. The van der Waals surface area contributed by atoms with Gasteiger partial charge in [0.1, 0.15) is 23.7 Å². The number of nitriles is 1. The Morgan fingerprint density at radius 1 is 0.976 bits per heavy atom. The highest BCUT2D eigenvalue weighted by Crippen LogP contribution is 2.35. The van der Waals surface area contributed by atoms with Crippen molar-refractivity contribution in [3.63, 3.8) is 0 Å². The Labute approximate surface area is 248 Å². The van der Waals surface area contributed by atoms with Crippen molar-refractivity contribution in [1.82, 2.24) is 25.1 Å². The van der Waals surface area contributed by atoms with Crippen LogP contribution in [0.3, 0.4) is 0 Å². The van der Waals surface area contributed by atoms with Gasteiger partial charge in [-0.05, 0) is 69.3 Å². The number of methoxy groups -OCH3 is 1. The Morgan fingerprint density at radius 3 is 2.55 bits per heavy atom. The first-order chi connectivity index (χ1) is 20.6. The summed E-state index contributed by atoms with van der Waals surface area (Å²) in [7, 11) is 3.93. The summed E-state index contributed by atoms with van der Waals surface area (Å²) < 4.78 is 11.9. The van der Waals surface area contributed by atoms with E-state index >= 15 is 0 Å². The summed E-state index contributed by atoms with van der Waals surface area (Å²) in [5.41, 5.74) is 4.04. The highest BCUT2D eigenvalue weighted by molar-refractivity contribution is 5.69. The molecule has 0 saturated carbocycles. The average Bonchev–Trinajstić information content (AvgIpc) is 3.55. The Morgan fingerprint density at radius 2 is 1.81 bits per heavy atom. The number of likely N-dealkylation sites (N-methyl/N-ethyl adjacent to an activating group) is 1. The number of piperidine rings is 1. The topological polar surface area (TPSA) is 102 Å². The maximum atomic E-state index is 9.75. The van der Waals surface area contributed by atoms with Gasteiger partial charge >= 0.3 is 0 Å². The molecule has 220 valence electrons. The second-order valence-corrected chi connectivity index (χ2v) is 11.4. The average molecular weight is 569 g/mol.